The van der Waals surface area contributed by atoms with Crippen LogP contribution in [0.4, 0.5) is 0 Å². The number of methoxy groups -OCH3 is 1. The van der Waals surface area contributed by atoms with Gasteiger partial charge in [-0.2, -0.15) is 0 Å². The van der Waals surface area contributed by atoms with Crippen LogP contribution in [0.15, 0.2) is 0 Å². The van der Waals surface area contributed by atoms with Crippen LogP contribution in [0.5, 0.6) is 0 Å². The average Bonchev–Trinajstić information content (AvgIpc) is 2.17. The predicted molar refractivity (Wildman–Crippen MR) is 64.4 cm³/mol. The summed E-state index contributed by atoms with van der Waals surface area (Å²) in [5, 5.41) is 6.28. The van der Waals surface area contributed by atoms with Gasteiger partial charge in [-0.05, 0) is 32.6 Å². The second-order valence-corrected chi connectivity index (χ2v) is 4.76. The van der Waals surface area contributed by atoms with Gasteiger partial charge in [-0.25, -0.2) is 0 Å². The van der Waals surface area contributed by atoms with E-state index in [1.807, 2.05) is 6.92 Å². The van der Waals surface area contributed by atoms with Crippen molar-refractivity contribution in [3.63, 3.8) is 0 Å². The molecule has 1 rings (SSSR count). The summed E-state index contributed by atoms with van der Waals surface area (Å²) >= 11 is 0. The monoisotopic (exact) mass is 228 g/mol. The SMILES string of the molecule is CCC1(NCC(=O)NC(C)COC)CCC1. The van der Waals surface area contributed by atoms with Crippen LogP contribution in [-0.4, -0.2) is 37.7 Å². The van der Waals surface area contributed by atoms with Gasteiger partial charge in [0.15, 0.2) is 0 Å². The summed E-state index contributed by atoms with van der Waals surface area (Å²) < 4.78 is 4.97. The Morgan fingerprint density at radius 3 is 2.62 bits per heavy atom. The molecule has 16 heavy (non-hydrogen) atoms. The molecule has 1 amide bonds. The third kappa shape index (κ3) is 3.76. The third-order valence-corrected chi connectivity index (χ3v) is 3.44. The number of nitrogens with one attached hydrogen (secondary N) is 2. The molecule has 0 bridgehead atoms. The molecule has 0 radical (unpaired) electrons. The Balaban J connectivity index is 2.19. The molecule has 4 nitrogen and oxygen atoms in total. The van der Waals surface area contributed by atoms with E-state index in [4.69, 9.17) is 4.74 Å². The maximum atomic E-state index is 11.6. The molecule has 4 heteroatoms. The maximum Gasteiger partial charge on any atom is 0.234 e. The first kappa shape index (κ1) is 13.5. The lowest BCUT2D eigenvalue weighted by molar-refractivity contribution is -0.121. The highest BCUT2D eigenvalue weighted by Gasteiger charge is 2.34. The number of amides is 1. The molecule has 2 N–H and O–H groups in total. The minimum absolute atomic E-state index is 0.0595. The average molecular weight is 228 g/mol. The van der Waals surface area contributed by atoms with E-state index in [1.54, 1.807) is 7.11 Å². The number of hydrogen-bond donors (Lipinski definition) is 2. The van der Waals surface area contributed by atoms with Crippen molar-refractivity contribution in [2.24, 2.45) is 0 Å². The molecule has 0 aliphatic heterocycles. The quantitative estimate of drug-likeness (QED) is 0.685. The van der Waals surface area contributed by atoms with Crippen molar-refractivity contribution in [2.75, 3.05) is 20.3 Å². The summed E-state index contributed by atoms with van der Waals surface area (Å²) in [6, 6.07) is 0.0817. The molecule has 1 saturated carbocycles. The molecule has 1 aliphatic carbocycles. The number of carbonyl (C=O) groups is 1. The van der Waals surface area contributed by atoms with Gasteiger partial charge in [0.2, 0.25) is 5.91 Å². The molecule has 0 aromatic rings. The molecular weight excluding hydrogens is 204 g/mol. The molecular formula is C12H24N2O2. The van der Waals surface area contributed by atoms with Crippen molar-refractivity contribution in [3.8, 4) is 0 Å². The first-order chi connectivity index (χ1) is 7.62. The lowest BCUT2D eigenvalue weighted by Gasteiger charge is -2.42. The van der Waals surface area contributed by atoms with Gasteiger partial charge in [0.25, 0.3) is 0 Å². The molecule has 0 heterocycles. The zero-order chi connectivity index (χ0) is 12.0. The number of carbonyl (C=O) groups excluding carboxylic acids is 1. The molecule has 0 aromatic carbocycles. The van der Waals surface area contributed by atoms with E-state index in [1.165, 1.54) is 19.3 Å². The zero-order valence-corrected chi connectivity index (χ0v) is 10.6. The Labute approximate surface area is 98.1 Å². The van der Waals surface area contributed by atoms with Crippen LogP contribution < -0.4 is 10.6 Å². The Morgan fingerprint density at radius 1 is 1.50 bits per heavy atom. The lowest BCUT2D eigenvalue weighted by Crippen LogP contribution is -2.54. The Hall–Kier alpha value is -0.610. The summed E-state index contributed by atoms with van der Waals surface area (Å²) in [6.07, 6.45) is 4.78. The number of rotatable bonds is 7. The first-order valence-electron chi connectivity index (χ1n) is 6.15. The highest BCUT2D eigenvalue weighted by Crippen LogP contribution is 2.34. The van der Waals surface area contributed by atoms with Crippen LogP contribution in [-0.2, 0) is 9.53 Å². The molecule has 94 valence electrons. The van der Waals surface area contributed by atoms with Crippen LogP contribution in [0.25, 0.3) is 0 Å². The van der Waals surface area contributed by atoms with Gasteiger partial charge in [0, 0.05) is 18.7 Å². The summed E-state index contributed by atoms with van der Waals surface area (Å²) in [7, 11) is 1.64. The third-order valence-electron chi connectivity index (χ3n) is 3.44. The topological polar surface area (TPSA) is 50.4 Å². The lowest BCUT2D eigenvalue weighted by atomic mass is 9.75. The fourth-order valence-electron chi connectivity index (χ4n) is 2.14. The van der Waals surface area contributed by atoms with Gasteiger partial charge in [0.1, 0.15) is 0 Å². The van der Waals surface area contributed by atoms with Crippen molar-refractivity contribution in [2.45, 2.75) is 51.1 Å². The van der Waals surface area contributed by atoms with Crippen molar-refractivity contribution < 1.29 is 9.53 Å². The summed E-state index contributed by atoms with van der Waals surface area (Å²) in [5.74, 6) is 0.0595. The molecule has 0 aromatic heterocycles. The van der Waals surface area contributed by atoms with Crippen molar-refractivity contribution >= 4 is 5.91 Å². The fraction of sp³-hybridized carbons (Fsp3) is 0.917. The molecule has 1 unspecified atom stereocenters. The molecule has 0 saturated heterocycles. The van der Waals surface area contributed by atoms with E-state index in [0.717, 1.165) is 6.42 Å². The predicted octanol–water partition coefficient (Wildman–Crippen LogP) is 1.06. The van der Waals surface area contributed by atoms with Gasteiger partial charge >= 0.3 is 0 Å². The van der Waals surface area contributed by atoms with E-state index in [2.05, 4.69) is 17.6 Å². The smallest absolute Gasteiger partial charge is 0.234 e. The van der Waals surface area contributed by atoms with E-state index in [-0.39, 0.29) is 17.5 Å². The minimum Gasteiger partial charge on any atom is -0.383 e. The second-order valence-electron chi connectivity index (χ2n) is 4.76. The highest BCUT2D eigenvalue weighted by atomic mass is 16.5. The Kier molecular flexibility index (Phi) is 5.22. The van der Waals surface area contributed by atoms with Crippen molar-refractivity contribution in [1.82, 2.24) is 10.6 Å². The van der Waals surface area contributed by atoms with Crippen LogP contribution in [0, 0.1) is 0 Å². The Bertz CT molecular complexity index is 222. The van der Waals surface area contributed by atoms with Gasteiger partial charge in [-0.1, -0.05) is 6.92 Å². The van der Waals surface area contributed by atoms with E-state index in [9.17, 15) is 4.79 Å². The van der Waals surface area contributed by atoms with Gasteiger partial charge < -0.3 is 15.4 Å². The molecule has 1 fully saturated rings. The van der Waals surface area contributed by atoms with Crippen molar-refractivity contribution in [1.29, 1.82) is 0 Å². The molecule has 0 spiro atoms. The Morgan fingerprint density at radius 2 is 2.19 bits per heavy atom. The molecule has 1 aliphatic rings. The van der Waals surface area contributed by atoms with Crippen molar-refractivity contribution in [3.05, 3.63) is 0 Å². The number of ether oxygens (including phenoxy) is 1. The molecule has 1 atom stereocenters. The van der Waals surface area contributed by atoms with Crippen LogP contribution >= 0.6 is 0 Å². The first-order valence-corrected chi connectivity index (χ1v) is 6.15. The minimum atomic E-state index is 0.0595. The second kappa shape index (κ2) is 6.21. The van der Waals surface area contributed by atoms with Crippen LogP contribution in [0.2, 0.25) is 0 Å². The van der Waals surface area contributed by atoms with Gasteiger partial charge in [-0.3, -0.25) is 4.79 Å². The van der Waals surface area contributed by atoms with E-state index >= 15 is 0 Å². The summed E-state index contributed by atoms with van der Waals surface area (Å²) in [5.41, 5.74) is 0.238. The fourth-order valence-corrected chi connectivity index (χ4v) is 2.14. The van der Waals surface area contributed by atoms with Gasteiger partial charge in [-0.15, -0.1) is 0 Å². The maximum absolute atomic E-state index is 11.6. The summed E-state index contributed by atoms with van der Waals surface area (Å²) in [6.45, 7) is 5.10. The largest absolute Gasteiger partial charge is 0.383 e. The zero-order valence-electron chi connectivity index (χ0n) is 10.6. The van der Waals surface area contributed by atoms with Crippen LogP contribution in [0.3, 0.4) is 0 Å². The van der Waals surface area contributed by atoms with Crippen LogP contribution in [0.1, 0.15) is 39.5 Å². The highest BCUT2D eigenvalue weighted by molar-refractivity contribution is 5.78. The summed E-state index contributed by atoms with van der Waals surface area (Å²) in [4.78, 5) is 11.6. The van der Waals surface area contributed by atoms with E-state index in [0.29, 0.717) is 13.2 Å². The van der Waals surface area contributed by atoms with Gasteiger partial charge in [0.05, 0.1) is 13.2 Å². The standard InChI is InChI=1S/C12H24N2O2/c1-4-12(6-5-7-12)13-8-11(15)14-10(2)9-16-3/h10,13H,4-9H2,1-3H3,(H,14,15). The normalized spacial score (nSPS) is 19.9. The van der Waals surface area contributed by atoms with E-state index < -0.39 is 0 Å². The number of hydrogen-bond acceptors (Lipinski definition) is 3.